The van der Waals surface area contributed by atoms with Gasteiger partial charge < -0.3 is 10.2 Å². The van der Waals surface area contributed by atoms with Gasteiger partial charge in [0.25, 0.3) is 0 Å². The molecule has 0 radical (unpaired) electrons. The number of hydrogen-bond donors (Lipinski definition) is 3. The average Bonchev–Trinajstić information content (AvgIpc) is 2.35. The predicted octanol–water partition coefficient (Wildman–Crippen LogP) is 0.126. The Labute approximate surface area is 107 Å². The van der Waals surface area contributed by atoms with Gasteiger partial charge in [-0.05, 0) is 19.1 Å². The molecule has 1 aromatic rings. The largest absolute Gasteiger partial charge is 0.394 e. The Morgan fingerprint density at radius 1 is 1.16 bits per heavy atom. The molecule has 0 aromatic heterocycles. The summed E-state index contributed by atoms with van der Waals surface area (Å²) in [5, 5.41) is 17.9. The average molecular weight is 299 g/mol. The lowest BCUT2D eigenvalue weighted by atomic mass is 10.1. The van der Waals surface area contributed by atoms with Crippen LogP contribution in [0.2, 0.25) is 0 Å². The maximum absolute atomic E-state index is 13.4. The van der Waals surface area contributed by atoms with E-state index in [0.29, 0.717) is 12.1 Å². The van der Waals surface area contributed by atoms with E-state index in [0.717, 1.165) is 6.92 Å². The molecule has 0 aliphatic rings. The molecule has 9 heteroatoms. The highest BCUT2D eigenvalue weighted by Crippen LogP contribution is 2.21. The third kappa shape index (κ3) is 3.24. The highest BCUT2D eigenvalue weighted by Gasteiger charge is 2.32. The zero-order valence-electron chi connectivity index (χ0n) is 9.82. The van der Waals surface area contributed by atoms with Crippen molar-refractivity contribution >= 4 is 10.0 Å². The van der Waals surface area contributed by atoms with Gasteiger partial charge in [-0.1, -0.05) is 0 Å². The number of sulfonamides is 1. The monoisotopic (exact) mass is 299 g/mol. The first kappa shape index (κ1) is 15.9. The summed E-state index contributed by atoms with van der Waals surface area (Å²) in [6, 6.07) is 1.01. The Hall–Kier alpha value is -1.16. The third-order valence-corrected chi connectivity index (χ3v) is 4.02. The zero-order valence-corrected chi connectivity index (χ0v) is 10.6. The van der Waals surface area contributed by atoms with Gasteiger partial charge in [-0.2, -0.15) is 0 Å². The lowest BCUT2D eigenvalue weighted by Gasteiger charge is -2.25. The van der Waals surface area contributed by atoms with Crippen molar-refractivity contribution in [3.8, 4) is 0 Å². The summed E-state index contributed by atoms with van der Waals surface area (Å²) in [5.74, 6) is -5.31. The van der Waals surface area contributed by atoms with Crippen LogP contribution in [0.3, 0.4) is 0 Å². The van der Waals surface area contributed by atoms with Crippen molar-refractivity contribution in [2.75, 3.05) is 13.2 Å². The van der Waals surface area contributed by atoms with Gasteiger partial charge in [-0.15, -0.1) is 0 Å². The van der Waals surface area contributed by atoms with Gasteiger partial charge in [-0.3, -0.25) is 0 Å². The second-order valence-corrected chi connectivity index (χ2v) is 5.81. The Balaban J connectivity index is 3.26. The number of nitrogens with one attached hydrogen (secondary N) is 1. The van der Waals surface area contributed by atoms with Gasteiger partial charge in [0.05, 0.1) is 18.8 Å². The standard InChI is InChI=1S/C10H12F3NO4S/c1-10(4-15,5-16)14-19(17,18)7-3-2-6(11)8(12)9(7)13/h2-3,14-16H,4-5H2,1H3. The summed E-state index contributed by atoms with van der Waals surface area (Å²) >= 11 is 0. The first-order valence-corrected chi connectivity index (χ1v) is 6.54. The molecule has 0 saturated carbocycles. The van der Waals surface area contributed by atoms with E-state index in [2.05, 4.69) is 0 Å². The Morgan fingerprint density at radius 2 is 1.68 bits per heavy atom. The van der Waals surface area contributed by atoms with Crippen molar-refractivity contribution in [1.29, 1.82) is 0 Å². The molecule has 3 N–H and O–H groups in total. The molecule has 0 bridgehead atoms. The number of aliphatic hydroxyl groups is 2. The van der Waals surface area contributed by atoms with Crippen LogP contribution in [0, 0.1) is 17.5 Å². The maximum Gasteiger partial charge on any atom is 0.244 e. The van der Waals surface area contributed by atoms with E-state index in [9.17, 15) is 21.6 Å². The van der Waals surface area contributed by atoms with E-state index < -0.39 is 51.1 Å². The molecule has 5 nitrogen and oxygen atoms in total. The van der Waals surface area contributed by atoms with Crippen molar-refractivity contribution in [3.63, 3.8) is 0 Å². The van der Waals surface area contributed by atoms with Crippen LogP contribution in [0.1, 0.15) is 6.92 Å². The summed E-state index contributed by atoms with van der Waals surface area (Å²) in [6.07, 6.45) is 0. The number of hydrogen-bond acceptors (Lipinski definition) is 4. The minimum absolute atomic E-state index is 0.461. The number of rotatable bonds is 5. The van der Waals surface area contributed by atoms with E-state index in [4.69, 9.17) is 10.2 Å². The van der Waals surface area contributed by atoms with Crippen molar-refractivity contribution in [3.05, 3.63) is 29.6 Å². The van der Waals surface area contributed by atoms with Crippen LogP contribution in [0.5, 0.6) is 0 Å². The van der Waals surface area contributed by atoms with Gasteiger partial charge in [0.15, 0.2) is 17.5 Å². The van der Waals surface area contributed by atoms with E-state index in [1.807, 2.05) is 4.72 Å². The molecule has 0 aliphatic carbocycles. The molecule has 0 aliphatic heterocycles. The third-order valence-electron chi connectivity index (χ3n) is 2.37. The lowest BCUT2D eigenvalue weighted by Crippen LogP contribution is -2.51. The van der Waals surface area contributed by atoms with Crippen molar-refractivity contribution < 1.29 is 31.8 Å². The number of halogens is 3. The van der Waals surface area contributed by atoms with Crippen LogP contribution < -0.4 is 4.72 Å². The van der Waals surface area contributed by atoms with Crippen LogP contribution in [-0.2, 0) is 10.0 Å². The first-order valence-electron chi connectivity index (χ1n) is 5.06. The van der Waals surface area contributed by atoms with Gasteiger partial charge in [-0.25, -0.2) is 26.3 Å². The topological polar surface area (TPSA) is 86.6 Å². The molecule has 1 aromatic carbocycles. The van der Waals surface area contributed by atoms with E-state index in [1.165, 1.54) is 0 Å². The highest BCUT2D eigenvalue weighted by molar-refractivity contribution is 7.89. The molecule has 19 heavy (non-hydrogen) atoms. The fourth-order valence-corrected chi connectivity index (χ4v) is 2.67. The van der Waals surface area contributed by atoms with Crippen LogP contribution >= 0.6 is 0 Å². The lowest BCUT2D eigenvalue weighted by molar-refractivity contribution is 0.121. The van der Waals surface area contributed by atoms with Gasteiger partial charge in [0, 0.05) is 0 Å². The molecule has 0 saturated heterocycles. The predicted molar refractivity (Wildman–Crippen MR) is 59.2 cm³/mol. The van der Waals surface area contributed by atoms with Crippen molar-refractivity contribution in [2.24, 2.45) is 0 Å². The van der Waals surface area contributed by atoms with Crippen molar-refractivity contribution in [2.45, 2.75) is 17.4 Å². The minimum atomic E-state index is -4.56. The molecule has 0 fully saturated rings. The Kier molecular flexibility index (Phi) is 4.56. The minimum Gasteiger partial charge on any atom is -0.394 e. The molecular weight excluding hydrogens is 287 g/mol. The zero-order chi connectivity index (χ0) is 14.8. The van der Waals surface area contributed by atoms with Crippen LogP contribution in [0.25, 0.3) is 0 Å². The normalized spacial score (nSPS) is 12.7. The van der Waals surface area contributed by atoms with Crippen LogP contribution in [-0.4, -0.2) is 37.4 Å². The summed E-state index contributed by atoms with van der Waals surface area (Å²) in [5.41, 5.74) is -1.66. The Bertz CT molecular complexity index is 572. The van der Waals surface area contributed by atoms with Crippen LogP contribution in [0.4, 0.5) is 13.2 Å². The molecule has 0 heterocycles. The van der Waals surface area contributed by atoms with Gasteiger partial charge in [0.1, 0.15) is 4.90 Å². The molecule has 0 unspecified atom stereocenters. The van der Waals surface area contributed by atoms with Gasteiger partial charge >= 0.3 is 0 Å². The fraction of sp³-hybridized carbons (Fsp3) is 0.400. The van der Waals surface area contributed by atoms with Gasteiger partial charge in [0.2, 0.25) is 10.0 Å². The van der Waals surface area contributed by atoms with Crippen molar-refractivity contribution in [1.82, 2.24) is 4.72 Å². The molecule has 1 rings (SSSR count). The number of benzene rings is 1. The van der Waals surface area contributed by atoms with E-state index in [1.54, 1.807) is 0 Å². The summed E-state index contributed by atoms with van der Waals surface area (Å²) in [4.78, 5) is -1.11. The molecule has 0 spiro atoms. The first-order chi connectivity index (χ1) is 8.67. The summed E-state index contributed by atoms with van der Waals surface area (Å²) in [6.45, 7) is -0.385. The smallest absolute Gasteiger partial charge is 0.244 e. The fourth-order valence-electron chi connectivity index (χ4n) is 1.21. The second kappa shape index (κ2) is 5.45. The molecule has 0 atom stereocenters. The quantitative estimate of drug-likeness (QED) is 0.674. The van der Waals surface area contributed by atoms with E-state index >= 15 is 0 Å². The SMILES string of the molecule is CC(CO)(CO)NS(=O)(=O)c1ccc(F)c(F)c1F. The second-order valence-electron chi connectivity index (χ2n) is 4.16. The summed E-state index contributed by atoms with van der Waals surface area (Å²) < 4.78 is 64.5. The molecular formula is C10H12F3NO4S. The van der Waals surface area contributed by atoms with E-state index in [-0.39, 0.29) is 0 Å². The summed E-state index contributed by atoms with van der Waals surface area (Å²) in [7, 11) is -4.56. The van der Waals surface area contributed by atoms with Crippen LogP contribution in [0.15, 0.2) is 17.0 Å². The molecule has 0 amide bonds. The highest BCUT2D eigenvalue weighted by atomic mass is 32.2. The Morgan fingerprint density at radius 3 is 2.16 bits per heavy atom. The maximum atomic E-state index is 13.4. The molecule has 108 valence electrons. The number of aliphatic hydroxyl groups excluding tert-OH is 2.